The van der Waals surface area contributed by atoms with Crippen LogP contribution in [0.4, 0.5) is 0 Å². The summed E-state index contributed by atoms with van der Waals surface area (Å²) in [6, 6.07) is 0.401. The Labute approximate surface area is 137 Å². The lowest BCUT2D eigenvalue weighted by Crippen LogP contribution is -2.50. The molecule has 0 spiro atoms. The standard InChI is InChI=1S/C21H37N/c1-13-4-6-16-15(12-13)5-7-18-17(16)10-11-21(3)19(14(2)22)8-9-20(18)21/h13-20H,4-12,22H2,1-3H3/t13?,14?,15-,16+,17?,18-,19?,20?,21-/m1/s1. The lowest BCUT2D eigenvalue weighted by molar-refractivity contribution is -0.0689. The molecule has 0 aromatic rings. The van der Waals surface area contributed by atoms with Crippen LogP contribution in [-0.4, -0.2) is 6.04 Å². The molecule has 1 heteroatoms. The zero-order valence-electron chi connectivity index (χ0n) is 15.1. The van der Waals surface area contributed by atoms with Gasteiger partial charge in [-0.15, -0.1) is 0 Å². The van der Waals surface area contributed by atoms with Gasteiger partial charge in [-0.2, -0.15) is 0 Å². The molecule has 0 amide bonds. The maximum atomic E-state index is 6.38. The summed E-state index contributed by atoms with van der Waals surface area (Å²) in [5.41, 5.74) is 6.95. The topological polar surface area (TPSA) is 26.0 Å². The van der Waals surface area contributed by atoms with Gasteiger partial charge in [0, 0.05) is 6.04 Å². The third-order valence-electron chi connectivity index (χ3n) is 8.92. The van der Waals surface area contributed by atoms with E-state index in [2.05, 4.69) is 20.8 Å². The summed E-state index contributed by atoms with van der Waals surface area (Å²) >= 11 is 0. The van der Waals surface area contributed by atoms with E-state index in [9.17, 15) is 0 Å². The third-order valence-corrected chi connectivity index (χ3v) is 8.92. The molecule has 1 nitrogen and oxygen atoms in total. The fourth-order valence-corrected chi connectivity index (χ4v) is 7.99. The minimum Gasteiger partial charge on any atom is -0.328 e. The SMILES string of the molecule is CC1CC[C@@H]2C3CC[C@]4(C)C(C(C)N)CCC4[C@@H]3CC[C@@H]2C1. The van der Waals surface area contributed by atoms with Crippen LogP contribution in [0.1, 0.15) is 78.6 Å². The Balaban J connectivity index is 1.55. The first-order chi connectivity index (χ1) is 10.5. The molecule has 0 aromatic heterocycles. The Hall–Kier alpha value is -0.0400. The summed E-state index contributed by atoms with van der Waals surface area (Å²) in [7, 11) is 0. The van der Waals surface area contributed by atoms with Crippen molar-refractivity contribution in [1.29, 1.82) is 0 Å². The predicted molar refractivity (Wildman–Crippen MR) is 93.4 cm³/mol. The maximum Gasteiger partial charge on any atom is 0.00440 e. The maximum absolute atomic E-state index is 6.38. The van der Waals surface area contributed by atoms with Crippen molar-refractivity contribution in [2.75, 3.05) is 0 Å². The van der Waals surface area contributed by atoms with E-state index in [0.717, 1.165) is 41.4 Å². The number of hydrogen-bond acceptors (Lipinski definition) is 1. The quantitative estimate of drug-likeness (QED) is 0.704. The monoisotopic (exact) mass is 303 g/mol. The molecule has 0 heterocycles. The average molecular weight is 304 g/mol. The van der Waals surface area contributed by atoms with Crippen molar-refractivity contribution in [3.63, 3.8) is 0 Å². The summed E-state index contributed by atoms with van der Waals surface area (Å²) in [4.78, 5) is 0. The Morgan fingerprint density at radius 2 is 1.68 bits per heavy atom. The lowest BCUT2D eigenvalue weighted by Gasteiger charge is -2.56. The smallest absolute Gasteiger partial charge is 0.00440 e. The number of nitrogens with two attached hydrogens (primary N) is 1. The van der Waals surface area contributed by atoms with Crippen molar-refractivity contribution in [3.05, 3.63) is 0 Å². The van der Waals surface area contributed by atoms with Crippen molar-refractivity contribution >= 4 is 0 Å². The molecule has 0 radical (unpaired) electrons. The van der Waals surface area contributed by atoms with Gasteiger partial charge in [-0.25, -0.2) is 0 Å². The average Bonchev–Trinajstić information content (AvgIpc) is 2.84. The first kappa shape index (κ1) is 15.5. The summed E-state index contributed by atoms with van der Waals surface area (Å²) in [5, 5.41) is 0. The molecule has 4 rings (SSSR count). The molecular formula is C21H37N. The second-order valence-corrected chi connectivity index (χ2v) is 9.94. The molecule has 0 saturated heterocycles. The molecule has 2 N–H and O–H groups in total. The van der Waals surface area contributed by atoms with Gasteiger partial charge >= 0.3 is 0 Å². The summed E-state index contributed by atoms with van der Waals surface area (Å²) in [6.07, 6.45) is 13.6. The molecule has 22 heavy (non-hydrogen) atoms. The highest BCUT2D eigenvalue weighted by atomic mass is 14.7. The van der Waals surface area contributed by atoms with Crippen LogP contribution in [0.15, 0.2) is 0 Å². The van der Waals surface area contributed by atoms with Gasteiger partial charge < -0.3 is 5.73 Å². The van der Waals surface area contributed by atoms with Crippen LogP contribution >= 0.6 is 0 Å². The van der Waals surface area contributed by atoms with Gasteiger partial charge in [0.05, 0.1) is 0 Å². The van der Waals surface area contributed by atoms with Crippen molar-refractivity contribution in [2.24, 2.45) is 52.6 Å². The van der Waals surface area contributed by atoms with Crippen molar-refractivity contribution in [2.45, 2.75) is 84.6 Å². The third kappa shape index (κ3) is 2.21. The van der Waals surface area contributed by atoms with E-state index in [-0.39, 0.29) is 0 Å². The van der Waals surface area contributed by atoms with E-state index in [1.54, 1.807) is 19.3 Å². The van der Waals surface area contributed by atoms with Crippen LogP contribution in [0.5, 0.6) is 0 Å². The van der Waals surface area contributed by atoms with Gasteiger partial charge in [0.2, 0.25) is 0 Å². The largest absolute Gasteiger partial charge is 0.328 e. The Morgan fingerprint density at radius 1 is 0.909 bits per heavy atom. The fraction of sp³-hybridized carbons (Fsp3) is 1.00. The molecule has 0 aliphatic heterocycles. The predicted octanol–water partition coefficient (Wildman–Crippen LogP) is 5.24. The van der Waals surface area contributed by atoms with Crippen LogP contribution in [0.2, 0.25) is 0 Å². The summed E-state index contributed by atoms with van der Waals surface area (Å²) in [6.45, 7) is 7.37. The number of rotatable bonds is 1. The molecule has 4 fully saturated rings. The summed E-state index contributed by atoms with van der Waals surface area (Å²) in [5.74, 6) is 7.10. The van der Waals surface area contributed by atoms with Crippen molar-refractivity contribution in [1.82, 2.24) is 0 Å². The van der Waals surface area contributed by atoms with Gasteiger partial charge in [0.1, 0.15) is 0 Å². The van der Waals surface area contributed by atoms with Crippen LogP contribution in [0, 0.1) is 46.8 Å². The van der Waals surface area contributed by atoms with E-state index in [1.807, 2.05) is 0 Å². The van der Waals surface area contributed by atoms with Gasteiger partial charge in [-0.05, 0) is 105 Å². The van der Waals surface area contributed by atoms with E-state index < -0.39 is 0 Å². The molecule has 4 saturated carbocycles. The van der Waals surface area contributed by atoms with E-state index in [0.29, 0.717) is 11.5 Å². The second-order valence-electron chi connectivity index (χ2n) is 9.94. The molecular weight excluding hydrogens is 266 g/mol. The van der Waals surface area contributed by atoms with Crippen molar-refractivity contribution in [3.8, 4) is 0 Å². The normalized spacial score (nSPS) is 55.9. The summed E-state index contributed by atoms with van der Waals surface area (Å²) < 4.78 is 0. The molecule has 4 aliphatic rings. The van der Waals surface area contributed by atoms with E-state index in [1.165, 1.54) is 38.5 Å². The molecule has 4 aliphatic carbocycles. The van der Waals surface area contributed by atoms with Crippen LogP contribution < -0.4 is 5.73 Å². The Morgan fingerprint density at radius 3 is 2.45 bits per heavy atom. The molecule has 0 bridgehead atoms. The second kappa shape index (κ2) is 5.50. The lowest BCUT2D eigenvalue weighted by atomic mass is 9.49. The number of fused-ring (bicyclic) bond motifs is 5. The van der Waals surface area contributed by atoms with Gasteiger partial charge in [-0.1, -0.05) is 20.3 Å². The van der Waals surface area contributed by atoms with Gasteiger partial charge in [0.15, 0.2) is 0 Å². The fourth-order valence-electron chi connectivity index (χ4n) is 7.99. The molecule has 9 atom stereocenters. The highest BCUT2D eigenvalue weighted by molar-refractivity contribution is 5.07. The first-order valence-electron chi connectivity index (χ1n) is 10.3. The van der Waals surface area contributed by atoms with Gasteiger partial charge in [0.25, 0.3) is 0 Å². The number of hydrogen-bond donors (Lipinski definition) is 1. The zero-order chi connectivity index (χ0) is 15.5. The minimum absolute atomic E-state index is 0.401. The molecule has 5 unspecified atom stereocenters. The molecule has 0 aromatic carbocycles. The minimum atomic E-state index is 0.401. The zero-order valence-corrected chi connectivity index (χ0v) is 15.1. The molecule has 126 valence electrons. The van der Waals surface area contributed by atoms with E-state index in [4.69, 9.17) is 5.73 Å². The van der Waals surface area contributed by atoms with Crippen LogP contribution in [0.3, 0.4) is 0 Å². The van der Waals surface area contributed by atoms with E-state index >= 15 is 0 Å². The highest BCUT2D eigenvalue weighted by Gasteiger charge is 2.57. The Bertz CT molecular complexity index is 416. The van der Waals surface area contributed by atoms with Gasteiger partial charge in [-0.3, -0.25) is 0 Å². The highest BCUT2D eigenvalue weighted by Crippen LogP contribution is 2.64. The Kier molecular flexibility index (Phi) is 3.87. The van der Waals surface area contributed by atoms with Crippen LogP contribution in [0.25, 0.3) is 0 Å². The van der Waals surface area contributed by atoms with Crippen LogP contribution in [-0.2, 0) is 0 Å². The van der Waals surface area contributed by atoms with Crippen molar-refractivity contribution < 1.29 is 0 Å². The first-order valence-corrected chi connectivity index (χ1v) is 10.3.